The van der Waals surface area contributed by atoms with Gasteiger partial charge in [-0.3, -0.25) is 0 Å². The lowest BCUT2D eigenvalue weighted by Crippen LogP contribution is -2.32. The number of halogens is 1. The number of nitrogens with one attached hydrogen (secondary N) is 1. The molecule has 0 radical (unpaired) electrons. The predicted octanol–water partition coefficient (Wildman–Crippen LogP) is 4.03. The van der Waals surface area contributed by atoms with E-state index in [1.165, 1.54) is 29.2 Å². The summed E-state index contributed by atoms with van der Waals surface area (Å²) in [6.45, 7) is 6.43. The van der Waals surface area contributed by atoms with Crippen LogP contribution >= 0.6 is 23.4 Å². The third-order valence-corrected chi connectivity index (χ3v) is 5.13. The summed E-state index contributed by atoms with van der Waals surface area (Å²) in [4.78, 5) is 2.41. The summed E-state index contributed by atoms with van der Waals surface area (Å²) in [5.74, 6) is 3.17. The Morgan fingerprint density at radius 1 is 1.45 bits per heavy atom. The van der Waals surface area contributed by atoms with Crippen LogP contribution in [0.1, 0.15) is 25.8 Å². The maximum Gasteiger partial charge on any atom is 0.0426 e. The van der Waals surface area contributed by atoms with Crippen LogP contribution in [0.25, 0.3) is 0 Å². The molecular weight excluding hydrogens is 288 g/mol. The second-order valence-corrected chi connectivity index (χ2v) is 7.51. The molecule has 1 N–H and O–H groups in total. The molecule has 1 aliphatic heterocycles. The van der Waals surface area contributed by atoms with Crippen molar-refractivity contribution in [1.82, 2.24) is 5.32 Å². The standard InChI is InChI=1S/C16H25ClN2S/c1-12(2)9-18-10-13-4-5-14(17)8-16(13)19(3)15-6-7-20-11-15/h4-5,8,12,15,18H,6-7,9-11H2,1-3H3. The van der Waals surface area contributed by atoms with E-state index in [0.29, 0.717) is 12.0 Å². The van der Waals surface area contributed by atoms with Gasteiger partial charge in [-0.15, -0.1) is 0 Å². The van der Waals surface area contributed by atoms with E-state index in [1.807, 2.05) is 17.8 Å². The summed E-state index contributed by atoms with van der Waals surface area (Å²) >= 11 is 8.25. The number of hydrogen-bond donors (Lipinski definition) is 1. The van der Waals surface area contributed by atoms with Crippen molar-refractivity contribution in [1.29, 1.82) is 0 Å². The van der Waals surface area contributed by atoms with Crippen molar-refractivity contribution in [3.63, 3.8) is 0 Å². The highest BCUT2D eigenvalue weighted by molar-refractivity contribution is 7.99. The number of nitrogens with zero attached hydrogens (tertiary/aromatic N) is 1. The molecule has 1 fully saturated rings. The van der Waals surface area contributed by atoms with Crippen LogP contribution < -0.4 is 10.2 Å². The lowest BCUT2D eigenvalue weighted by atomic mass is 10.1. The van der Waals surface area contributed by atoms with Gasteiger partial charge in [-0.05, 0) is 42.3 Å². The summed E-state index contributed by atoms with van der Waals surface area (Å²) in [6, 6.07) is 6.90. The Morgan fingerprint density at radius 2 is 2.25 bits per heavy atom. The van der Waals surface area contributed by atoms with Crippen LogP contribution in [0.15, 0.2) is 18.2 Å². The highest BCUT2D eigenvalue weighted by atomic mass is 35.5. The number of hydrogen-bond acceptors (Lipinski definition) is 3. The quantitative estimate of drug-likeness (QED) is 0.854. The van der Waals surface area contributed by atoms with Gasteiger partial charge in [0.15, 0.2) is 0 Å². The molecule has 0 aliphatic carbocycles. The van der Waals surface area contributed by atoms with E-state index in [0.717, 1.165) is 18.1 Å². The van der Waals surface area contributed by atoms with E-state index in [-0.39, 0.29) is 0 Å². The minimum atomic E-state index is 0.641. The first-order valence-electron chi connectivity index (χ1n) is 7.37. The van der Waals surface area contributed by atoms with Crippen LogP contribution in [-0.2, 0) is 6.54 Å². The third-order valence-electron chi connectivity index (χ3n) is 3.75. The van der Waals surface area contributed by atoms with Crippen molar-refractivity contribution in [2.24, 2.45) is 5.92 Å². The fourth-order valence-corrected chi connectivity index (χ4v) is 3.97. The summed E-state index contributed by atoms with van der Waals surface area (Å²) in [7, 11) is 2.20. The van der Waals surface area contributed by atoms with Gasteiger partial charge < -0.3 is 10.2 Å². The van der Waals surface area contributed by atoms with Gasteiger partial charge in [-0.25, -0.2) is 0 Å². The number of rotatable bonds is 6. The predicted molar refractivity (Wildman–Crippen MR) is 92.1 cm³/mol. The first-order valence-corrected chi connectivity index (χ1v) is 8.91. The van der Waals surface area contributed by atoms with Crippen molar-refractivity contribution in [3.05, 3.63) is 28.8 Å². The van der Waals surface area contributed by atoms with Crippen LogP contribution in [0.3, 0.4) is 0 Å². The summed E-state index contributed by atoms with van der Waals surface area (Å²) < 4.78 is 0. The Morgan fingerprint density at radius 3 is 2.90 bits per heavy atom. The first kappa shape index (κ1) is 16.0. The van der Waals surface area contributed by atoms with Gasteiger partial charge in [-0.1, -0.05) is 31.5 Å². The molecular formula is C16H25ClN2S. The van der Waals surface area contributed by atoms with Gasteiger partial charge in [-0.2, -0.15) is 11.8 Å². The van der Waals surface area contributed by atoms with Gasteiger partial charge in [0.1, 0.15) is 0 Å². The third kappa shape index (κ3) is 4.31. The van der Waals surface area contributed by atoms with Crippen LogP contribution in [-0.4, -0.2) is 31.1 Å². The molecule has 0 amide bonds. The molecule has 1 saturated heterocycles. The Balaban J connectivity index is 2.10. The molecule has 1 heterocycles. The minimum Gasteiger partial charge on any atom is -0.370 e. The molecule has 20 heavy (non-hydrogen) atoms. The topological polar surface area (TPSA) is 15.3 Å². The van der Waals surface area contributed by atoms with Crippen molar-refractivity contribution >= 4 is 29.1 Å². The largest absolute Gasteiger partial charge is 0.370 e. The Bertz CT molecular complexity index is 430. The Hall–Kier alpha value is -0.380. The van der Waals surface area contributed by atoms with Gasteiger partial charge in [0.2, 0.25) is 0 Å². The maximum absolute atomic E-state index is 6.20. The molecule has 1 aromatic rings. The summed E-state index contributed by atoms with van der Waals surface area (Å²) in [5, 5.41) is 4.36. The Labute approximate surface area is 132 Å². The molecule has 4 heteroatoms. The molecule has 1 aliphatic rings. The molecule has 0 saturated carbocycles. The van der Waals surface area contributed by atoms with Crippen LogP contribution in [0.5, 0.6) is 0 Å². The monoisotopic (exact) mass is 312 g/mol. The minimum absolute atomic E-state index is 0.641. The molecule has 1 aromatic carbocycles. The Kier molecular flexibility index (Phi) is 6.06. The van der Waals surface area contributed by atoms with E-state index in [9.17, 15) is 0 Å². The smallest absolute Gasteiger partial charge is 0.0426 e. The summed E-state index contributed by atoms with van der Waals surface area (Å²) in [5.41, 5.74) is 2.62. The van der Waals surface area contributed by atoms with E-state index in [1.54, 1.807) is 0 Å². The second-order valence-electron chi connectivity index (χ2n) is 5.93. The molecule has 1 unspecified atom stereocenters. The molecule has 1 atom stereocenters. The highest BCUT2D eigenvalue weighted by Gasteiger charge is 2.22. The number of benzene rings is 1. The normalized spacial score (nSPS) is 18.8. The zero-order chi connectivity index (χ0) is 14.5. The van der Waals surface area contributed by atoms with Gasteiger partial charge in [0.25, 0.3) is 0 Å². The van der Waals surface area contributed by atoms with Crippen molar-refractivity contribution in [3.8, 4) is 0 Å². The van der Waals surface area contributed by atoms with E-state index < -0.39 is 0 Å². The zero-order valence-electron chi connectivity index (χ0n) is 12.7. The zero-order valence-corrected chi connectivity index (χ0v) is 14.2. The van der Waals surface area contributed by atoms with Crippen molar-refractivity contribution < 1.29 is 0 Å². The average molecular weight is 313 g/mol. The fraction of sp³-hybridized carbons (Fsp3) is 0.625. The molecule has 2 nitrogen and oxygen atoms in total. The number of thioether (sulfide) groups is 1. The highest BCUT2D eigenvalue weighted by Crippen LogP contribution is 2.30. The second kappa shape index (κ2) is 7.58. The number of anilines is 1. The van der Waals surface area contributed by atoms with Gasteiger partial charge in [0, 0.05) is 36.1 Å². The van der Waals surface area contributed by atoms with E-state index >= 15 is 0 Å². The molecule has 0 aromatic heterocycles. The van der Waals surface area contributed by atoms with E-state index in [2.05, 4.69) is 43.2 Å². The molecule has 0 spiro atoms. The molecule has 0 bridgehead atoms. The fourth-order valence-electron chi connectivity index (χ4n) is 2.53. The van der Waals surface area contributed by atoms with Gasteiger partial charge >= 0.3 is 0 Å². The van der Waals surface area contributed by atoms with Crippen LogP contribution in [0, 0.1) is 5.92 Å². The molecule has 112 valence electrons. The van der Waals surface area contributed by atoms with E-state index in [4.69, 9.17) is 11.6 Å². The average Bonchev–Trinajstić information content (AvgIpc) is 2.93. The lowest BCUT2D eigenvalue weighted by molar-refractivity contribution is 0.551. The van der Waals surface area contributed by atoms with Crippen molar-refractivity contribution in [2.75, 3.05) is 30.0 Å². The summed E-state index contributed by atoms with van der Waals surface area (Å²) in [6.07, 6.45) is 1.27. The first-order chi connectivity index (χ1) is 9.58. The SMILES string of the molecule is CC(C)CNCc1ccc(Cl)cc1N(C)C1CCSC1. The lowest BCUT2D eigenvalue weighted by Gasteiger charge is -2.28. The maximum atomic E-state index is 6.20. The van der Waals surface area contributed by atoms with Crippen LogP contribution in [0.2, 0.25) is 5.02 Å². The molecule has 2 rings (SSSR count). The van der Waals surface area contributed by atoms with Crippen LogP contribution in [0.4, 0.5) is 5.69 Å². The van der Waals surface area contributed by atoms with Gasteiger partial charge in [0.05, 0.1) is 0 Å². The van der Waals surface area contributed by atoms with Crippen molar-refractivity contribution in [2.45, 2.75) is 32.9 Å².